The van der Waals surface area contributed by atoms with Gasteiger partial charge in [-0.25, -0.2) is 4.39 Å². The Morgan fingerprint density at radius 3 is 3.12 bits per heavy atom. The lowest BCUT2D eigenvalue weighted by atomic mass is 10.1. The van der Waals surface area contributed by atoms with Gasteiger partial charge < -0.3 is 14.7 Å². The average Bonchev–Trinajstić information content (AvgIpc) is 2.22. The summed E-state index contributed by atoms with van der Waals surface area (Å²) < 4.78 is 18.9. The van der Waals surface area contributed by atoms with Crippen molar-refractivity contribution < 1.29 is 19.0 Å². The fourth-order valence-corrected chi connectivity index (χ4v) is 1.83. The van der Waals surface area contributed by atoms with Gasteiger partial charge in [0, 0.05) is 7.05 Å². The lowest BCUT2D eigenvalue weighted by Gasteiger charge is -2.35. The van der Waals surface area contributed by atoms with E-state index in [1.807, 2.05) is 0 Å². The van der Waals surface area contributed by atoms with E-state index >= 15 is 0 Å². The number of aliphatic carboxylic acids is 1. The zero-order valence-corrected chi connectivity index (χ0v) is 8.81. The molecule has 0 radical (unpaired) electrons. The van der Waals surface area contributed by atoms with E-state index in [-0.39, 0.29) is 19.1 Å². The summed E-state index contributed by atoms with van der Waals surface area (Å²) >= 11 is 0. The van der Waals surface area contributed by atoms with E-state index in [4.69, 9.17) is 9.84 Å². The Bertz CT molecular complexity index is 422. The van der Waals surface area contributed by atoms with Crippen molar-refractivity contribution in [1.29, 1.82) is 0 Å². The quantitative estimate of drug-likeness (QED) is 0.828. The smallest absolute Gasteiger partial charge is 0.305 e. The van der Waals surface area contributed by atoms with Crippen LogP contribution in [-0.4, -0.2) is 30.8 Å². The molecular weight excluding hydrogens is 213 g/mol. The molecule has 0 spiro atoms. The van der Waals surface area contributed by atoms with Gasteiger partial charge in [-0.15, -0.1) is 0 Å². The summed E-state index contributed by atoms with van der Waals surface area (Å²) in [5, 5.41) is 8.72. The number of fused-ring (bicyclic) bond motifs is 1. The van der Waals surface area contributed by atoms with Gasteiger partial charge in [0.15, 0.2) is 0 Å². The minimum Gasteiger partial charge on any atom is -0.489 e. The summed E-state index contributed by atoms with van der Waals surface area (Å²) in [6, 6.07) is 4.25. The number of carboxylic acid groups (broad SMARTS) is 1. The Morgan fingerprint density at radius 1 is 1.69 bits per heavy atom. The molecule has 0 fully saturated rings. The van der Waals surface area contributed by atoms with E-state index < -0.39 is 11.8 Å². The molecule has 1 aliphatic rings. The van der Waals surface area contributed by atoms with Crippen LogP contribution in [0.5, 0.6) is 5.75 Å². The van der Waals surface area contributed by atoms with Gasteiger partial charge in [-0.2, -0.15) is 0 Å². The summed E-state index contributed by atoms with van der Waals surface area (Å²) in [7, 11) is 1.68. The normalized spacial score (nSPS) is 18.9. The second kappa shape index (κ2) is 4.00. The van der Waals surface area contributed by atoms with Gasteiger partial charge in [0.2, 0.25) is 0 Å². The average molecular weight is 225 g/mol. The van der Waals surface area contributed by atoms with E-state index in [0.717, 1.165) is 0 Å². The first-order chi connectivity index (χ1) is 7.59. The maximum Gasteiger partial charge on any atom is 0.305 e. The monoisotopic (exact) mass is 225 g/mol. The maximum atomic E-state index is 13.6. The highest BCUT2D eigenvalue weighted by atomic mass is 19.1. The highest BCUT2D eigenvalue weighted by Crippen LogP contribution is 2.35. The standard InChI is InChI=1S/C11H12FNO3/c1-13-7(5-10(14)15)6-16-9-4-2-3-8(12)11(9)13/h2-4,7H,5-6H2,1H3,(H,14,15). The van der Waals surface area contributed by atoms with E-state index in [1.165, 1.54) is 6.07 Å². The fourth-order valence-electron chi connectivity index (χ4n) is 1.83. The van der Waals surface area contributed by atoms with Crippen molar-refractivity contribution in [3.8, 4) is 5.75 Å². The highest BCUT2D eigenvalue weighted by Gasteiger charge is 2.28. The van der Waals surface area contributed by atoms with Gasteiger partial charge in [-0.3, -0.25) is 4.79 Å². The summed E-state index contributed by atoms with van der Waals surface area (Å²) in [6.07, 6.45) is -0.0652. The van der Waals surface area contributed by atoms with Crippen molar-refractivity contribution in [3.05, 3.63) is 24.0 Å². The number of nitrogens with zero attached hydrogens (tertiary/aromatic N) is 1. The van der Waals surface area contributed by atoms with Gasteiger partial charge in [0.1, 0.15) is 23.9 Å². The molecule has 1 atom stereocenters. The minimum atomic E-state index is -0.916. The van der Waals surface area contributed by atoms with Crippen molar-refractivity contribution >= 4 is 11.7 Å². The lowest BCUT2D eigenvalue weighted by molar-refractivity contribution is -0.137. The van der Waals surface area contributed by atoms with Gasteiger partial charge >= 0.3 is 5.97 Å². The van der Waals surface area contributed by atoms with Crippen molar-refractivity contribution in [3.63, 3.8) is 0 Å². The fraction of sp³-hybridized carbons (Fsp3) is 0.364. The van der Waals surface area contributed by atoms with Crippen LogP contribution in [0.3, 0.4) is 0 Å². The van der Waals surface area contributed by atoms with E-state index in [2.05, 4.69) is 0 Å². The zero-order chi connectivity index (χ0) is 11.7. The van der Waals surface area contributed by atoms with Crippen LogP contribution < -0.4 is 9.64 Å². The third kappa shape index (κ3) is 1.80. The Morgan fingerprint density at radius 2 is 2.44 bits per heavy atom. The molecular formula is C11H12FNO3. The molecule has 4 nitrogen and oxygen atoms in total. The van der Waals surface area contributed by atoms with Crippen molar-refractivity contribution in [2.24, 2.45) is 0 Å². The predicted molar refractivity (Wildman–Crippen MR) is 56.3 cm³/mol. The van der Waals surface area contributed by atoms with Crippen LogP contribution in [0.25, 0.3) is 0 Å². The molecule has 1 aromatic rings. The molecule has 16 heavy (non-hydrogen) atoms. The number of hydrogen-bond acceptors (Lipinski definition) is 3. The SMILES string of the molecule is CN1c2c(F)cccc2OCC1CC(=O)O. The van der Waals surface area contributed by atoms with Gasteiger partial charge in [0.05, 0.1) is 12.5 Å². The maximum absolute atomic E-state index is 13.6. The Balaban J connectivity index is 2.30. The number of benzene rings is 1. The van der Waals surface area contributed by atoms with Gasteiger partial charge in [-0.05, 0) is 12.1 Å². The Kier molecular flexibility index (Phi) is 2.68. The molecule has 0 aromatic heterocycles. The molecule has 2 rings (SSSR count). The molecule has 1 aromatic carbocycles. The zero-order valence-electron chi connectivity index (χ0n) is 8.81. The van der Waals surface area contributed by atoms with Crippen molar-refractivity contribution in [2.75, 3.05) is 18.6 Å². The van der Waals surface area contributed by atoms with Crippen LogP contribution in [0.15, 0.2) is 18.2 Å². The third-order valence-corrected chi connectivity index (χ3v) is 2.69. The van der Waals surface area contributed by atoms with Crippen LogP contribution in [0.4, 0.5) is 10.1 Å². The van der Waals surface area contributed by atoms with E-state index in [0.29, 0.717) is 11.4 Å². The van der Waals surface area contributed by atoms with E-state index in [9.17, 15) is 9.18 Å². The summed E-state index contributed by atoms with van der Waals surface area (Å²) in [5.41, 5.74) is 0.333. The first-order valence-corrected chi connectivity index (χ1v) is 4.95. The first-order valence-electron chi connectivity index (χ1n) is 4.95. The molecule has 0 saturated carbocycles. The summed E-state index contributed by atoms with van der Waals surface area (Å²) in [5.74, 6) is -0.848. The second-order valence-electron chi connectivity index (χ2n) is 3.76. The molecule has 5 heteroatoms. The molecule has 86 valence electrons. The molecule has 1 heterocycles. The summed E-state index contributed by atoms with van der Waals surface area (Å²) in [4.78, 5) is 12.3. The number of ether oxygens (including phenoxy) is 1. The number of anilines is 1. The lowest BCUT2D eigenvalue weighted by Crippen LogP contribution is -2.42. The van der Waals surface area contributed by atoms with Gasteiger partial charge in [0.25, 0.3) is 0 Å². The molecule has 1 aliphatic heterocycles. The molecule has 1 N–H and O–H groups in total. The molecule has 0 saturated heterocycles. The predicted octanol–water partition coefficient (Wildman–Crippen LogP) is 1.50. The Hall–Kier alpha value is -1.78. The van der Waals surface area contributed by atoms with Crippen molar-refractivity contribution in [1.82, 2.24) is 0 Å². The highest BCUT2D eigenvalue weighted by molar-refractivity contribution is 5.70. The van der Waals surface area contributed by atoms with Crippen molar-refractivity contribution in [2.45, 2.75) is 12.5 Å². The second-order valence-corrected chi connectivity index (χ2v) is 3.76. The van der Waals surface area contributed by atoms with Crippen LogP contribution in [-0.2, 0) is 4.79 Å². The number of carboxylic acids is 1. The third-order valence-electron chi connectivity index (χ3n) is 2.69. The molecule has 0 bridgehead atoms. The first kappa shape index (κ1) is 10.7. The number of halogens is 1. The topological polar surface area (TPSA) is 49.8 Å². The number of hydrogen-bond donors (Lipinski definition) is 1. The molecule has 1 unspecified atom stereocenters. The van der Waals surface area contributed by atoms with Crippen LogP contribution in [0.2, 0.25) is 0 Å². The number of likely N-dealkylation sites (N-methyl/N-ethyl adjacent to an activating group) is 1. The Labute approximate surface area is 92.2 Å². The van der Waals surface area contributed by atoms with E-state index in [1.54, 1.807) is 24.1 Å². The largest absolute Gasteiger partial charge is 0.489 e. The number of carbonyl (C=O) groups is 1. The molecule has 0 amide bonds. The van der Waals surface area contributed by atoms with Crippen LogP contribution in [0.1, 0.15) is 6.42 Å². The number of para-hydroxylation sites is 1. The minimum absolute atomic E-state index is 0.0652. The van der Waals surface area contributed by atoms with Crippen LogP contribution in [0, 0.1) is 5.82 Å². The molecule has 0 aliphatic carbocycles. The van der Waals surface area contributed by atoms with Crippen LogP contribution >= 0.6 is 0 Å². The number of rotatable bonds is 2. The summed E-state index contributed by atoms with van der Waals surface area (Å²) in [6.45, 7) is 0.263. The van der Waals surface area contributed by atoms with Gasteiger partial charge in [-0.1, -0.05) is 6.07 Å².